The Morgan fingerprint density at radius 1 is 1.00 bits per heavy atom. The first-order valence-corrected chi connectivity index (χ1v) is 9.33. The van der Waals surface area contributed by atoms with Crippen LogP contribution in [0.4, 0.5) is 0 Å². The number of aryl methyl sites for hydroxylation is 2. The molecule has 2 aromatic heterocycles. The molecule has 1 amide bonds. The smallest absolute Gasteiger partial charge is 0.272 e. The van der Waals surface area contributed by atoms with Crippen LogP contribution < -0.4 is 10.9 Å². The number of para-hydroxylation sites is 2. The van der Waals surface area contributed by atoms with Gasteiger partial charge in [0.15, 0.2) is 0 Å². The zero-order valence-corrected chi connectivity index (χ0v) is 16.2. The maximum atomic E-state index is 12.8. The molecule has 146 valence electrons. The molecule has 2 aromatic carbocycles. The second kappa shape index (κ2) is 7.71. The number of nitrogens with one attached hydrogen (secondary N) is 1. The van der Waals surface area contributed by atoms with Gasteiger partial charge in [0, 0.05) is 26.6 Å². The predicted molar refractivity (Wildman–Crippen MR) is 111 cm³/mol. The van der Waals surface area contributed by atoms with E-state index in [1.165, 1.54) is 19.2 Å². The number of amides is 1. The van der Waals surface area contributed by atoms with Crippen LogP contribution in [-0.4, -0.2) is 25.2 Å². The Balaban J connectivity index is 1.66. The second-order valence-corrected chi connectivity index (χ2v) is 6.90. The minimum Gasteiger partial charge on any atom is -0.343 e. The van der Waals surface area contributed by atoms with Gasteiger partial charge in [-0.25, -0.2) is 9.67 Å². The molecule has 29 heavy (non-hydrogen) atoms. The normalized spacial score (nSPS) is 12.1. The van der Waals surface area contributed by atoms with Crippen molar-refractivity contribution in [3.63, 3.8) is 0 Å². The van der Waals surface area contributed by atoms with Crippen LogP contribution >= 0.6 is 0 Å². The van der Waals surface area contributed by atoms with Crippen LogP contribution in [0.5, 0.6) is 0 Å². The van der Waals surface area contributed by atoms with Crippen LogP contribution in [0.3, 0.4) is 0 Å². The maximum absolute atomic E-state index is 12.8. The maximum Gasteiger partial charge on any atom is 0.272 e. The number of nitrogens with zero attached hydrogens (tertiary/aromatic N) is 4. The molecule has 0 aliphatic rings. The van der Waals surface area contributed by atoms with E-state index in [0.717, 1.165) is 27.1 Å². The van der Waals surface area contributed by atoms with Gasteiger partial charge in [0.1, 0.15) is 11.5 Å². The highest BCUT2D eigenvalue weighted by Gasteiger charge is 2.20. The summed E-state index contributed by atoms with van der Waals surface area (Å²) in [5.41, 5.74) is 2.86. The van der Waals surface area contributed by atoms with Crippen LogP contribution in [0.25, 0.3) is 11.0 Å². The van der Waals surface area contributed by atoms with E-state index in [-0.39, 0.29) is 23.2 Å². The molecule has 0 bridgehead atoms. The van der Waals surface area contributed by atoms with E-state index >= 15 is 0 Å². The van der Waals surface area contributed by atoms with E-state index in [2.05, 4.69) is 10.4 Å². The van der Waals surface area contributed by atoms with Gasteiger partial charge in [0.2, 0.25) is 0 Å². The number of hydrogen-bond acceptors (Lipinski definition) is 4. The lowest BCUT2D eigenvalue weighted by molar-refractivity contribution is 0.0928. The molecule has 0 saturated heterocycles. The molecule has 1 unspecified atom stereocenters. The Morgan fingerprint density at radius 3 is 2.45 bits per heavy atom. The zero-order chi connectivity index (χ0) is 20.4. The molecule has 4 rings (SSSR count). The van der Waals surface area contributed by atoms with Crippen molar-refractivity contribution in [2.75, 3.05) is 0 Å². The fourth-order valence-electron chi connectivity index (χ4n) is 3.35. The molecular formula is C22H21N5O2. The van der Waals surface area contributed by atoms with Crippen molar-refractivity contribution in [2.45, 2.75) is 12.5 Å². The third kappa shape index (κ3) is 3.80. The van der Waals surface area contributed by atoms with Crippen molar-refractivity contribution in [1.82, 2.24) is 24.6 Å². The summed E-state index contributed by atoms with van der Waals surface area (Å²) < 4.78 is 3.19. The molecule has 0 aliphatic heterocycles. The molecule has 7 heteroatoms. The first kappa shape index (κ1) is 18.6. The van der Waals surface area contributed by atoms with Crippen molar-refractivity contribution in [3.8, 4) is 0 Å². The lowest BCUT2D eigenvalue weighted by Gasteiger charge is -2.19. The fourth-order valence-corrected chi connectivity index (χ4v) is 3.35. The molecule has 0 fully saturated rings. The van der Waals surface area contributed by atoms with E-state index in [0.29, 0.717) is 6.42 Å². The van der Waals surface area contributed by atoms with Gasteiger partial charge in [0.05, 0.1) is 17.1 Å². The molecule has 1 N–H and O–H groups in total. The lowest BCUT2D eigenvalue weighted by atomic mass is 10.0. The van der Waals surface area contributed by atoms with E-state index in [9.17, 15) is 9.59 Å². The highest BCUT2D eigenvalue weighted by atomic mass is 16.2. The largest absolute Gasteiger partial charge is 0.343 e. The van der Waals surface area contributed by atoms with Crippen LogP contribution in [0.15, 0.2) is 71.5 Å². The number of imidazole rings is 1. The van der Waals surface area contributed by atoms with E-state index in [1.54, 1.807) is 0 Å². The number of carbonyl (C=O) groups is 1. The van der Waals surface area contributed by atoms with Gasteiger partial charge in [-0.2, -0.15) is 5.10 Å². The lowest BCUT2D eigenvalue weighted by Crippen LogP contribution is -2.33. The molecule has 0 spiro atoms. The summed E-state index contributed by atoms with van der Waals surface area (Å²) in [5.74, 6) is 0.530. The molecule has 2 heterocycles. The summed E-state index contributed by atoms with van der Waals surface area (Å²) in [6, 6.07) is 20.2. The van der Waals surface area contributed by atoms with Crippen molar-refractivity contribution < 1.29 is 4.79 Å². The van der Waals surface area contributed by atoms with Crippen molar-refractivity contribution in [3.05, 3.63) is 94.2 Å². The molecule has 0 aliphatic carbocycles. The van der Waals surface area contributed by atoms with E-state index in [1.807, 2.05) is 66.2 Å². The summed E-state index contributed by atoms with van der Waals surface area (Å²) in [6.45, 7) is 0. The zero-order valence-electron chi connectivity index (χ0n) is 16.2. The van der Waals surface area contributed by atoms with Gasteiger partial charge >= 0.3 is 0 Å². The number of rotatable bonds is 5. The number of fused-ring (bicyclic) bond motifs is 1. The molecule has 1 atom stereocenters. The van der Waals surface area contributed by atoms with Crippen LogP contribution in [0.1, 0.15) is 27.9 Å². The second-order valence-electron chi connectivity index (χ2n) is 6.90. The minimum absolute atomic E-state index is 0.193. The standard InChI is InChI=1S/C22H21N5O2/c1-26-19-11-7-6-10-16(19)23-20(26)14-18(15-8-4-3-5-9-15)24-22(29)17-12-13-21(28)27(2)25-17/h3-13,18H,14H2,1-2H3,(H,24,29). The molecule has 4 aromatic rings. The summed E-state index contributed by atoms with van der Waals surface area (Å²) in [7, 11) is 3.50. The summed E-state index contributed by atoms with van der Waals surface area (Å²) >= 11 is 0. The minimum atomic E-state index is -0.340. The number of aromatic nitrogens is 4. The third-order valence-electron chi connectivity index (χ3n) is 4.97. The predicted octanol–water partition coefficient (Wildman–Crippen LogP) is 2.38. The topological polar surface area (TPSA) is 81.8 Å². The van der Waals surface area contributed by atoms with Gasteiger partial charge in [-0.05, 0) is 23.8 Å². The first-order chi connectivity index (χ1) is 14.0. The molecule has 0 radical (unpaired) electrons. The van der Waals surface area contributed by atoms with E-state index < -0.39 is 0 Å². The highest BCUT2D eigenvalue weighted by molar-refractivity contribution is 5.92. The number of hydrogen-bond donors (Lipinski definition) is 1. The van der Waals surface area contributed by atoms with Gasteiger partial charge in [0.25, 0.3) is 11.5 Å². The Bertz CT molecular complexity index is 1230. The first-order valence-electron chi connectivity index (χ1n) is 9.33. The van der Waals surface area contributed by atoms with Crippen molar-refractivity contribution in [1.29, 1.82) is 0 Å². The van der Waals surface area contributed by atoms with Crippen molar-refractivity contribution >= 4 is 16.9 Å². The highest BCUT2D eigenvalue weighted by Crippen LogP contribution is 2.21. The number of benzene rings is 2. The van der Waals surface area contributed by atoms with E-state index in [4.69, 9.17) is 4.98 Å². The van der Waals surface area contributed by atoms with Gasteiger partial charge in [-0.3, -0.25) is 9.59 Å². The average molecular weight is 387 g/mol. The summed E-state index contributed by atoms with van der Waals surface area (Å²) in [6.07, 6.45) is 0.521. The Hall–Kier alpha value is -3.74. The molecule has 7 nitrogen and oxygen atoms in total. The summed E-state index contributed by atoms with van der Waals surface area (Å²) in [4.78, 5) is 29.1. The van der Waals surface area contributed by atoms with Gasteiger partial charge < -0.3 is 9.88 Å². The Morgan fingerprint density at radius 2 is 1.72 bits per heavy atom. The third-order valence-corrected chi connectivity index (χ3v) is 4.97. The van der Waals surface area contributed by atoms with Gasteiger partial charge in [-0.15, -0.1) is 0 Å². The molecule has 0 saturated carbocycles. The Kier molecular flexibility index (Phi) is 4.95. The SMILES string of the molecule is Cn1nc(C(=O)NC(Cc2nc3ccccc3n2C)c2ccccc2)ccc1=O. The monoisotopic (exact) mass is 387 g/mol. The summed E-state index contributed by atoms with van der Waals surface area (Å²) in [5, 5.41) is 7.10. The van der Waals surface area contributed by atoms with Crippen LogP contribution in [-0.2, 0) is 20.5 Å². The molecular weight excluding hydrogens is 366 g/mol. The number of carbonyl (C=O) groups excluding carboxylic acids is 1. The van der Waals surface area contributed by atoms with Gasteiger partial charge in [-0.1, -0.05) is 42.5 Å². The van der Waals surface area contributed by atoms with Crippen molar-refractivity contribution in [2.24, 2.45) is 14.1 Å². The average Bonchev–Trinajstić information content (AvgIpc) is 3.06. The van der Waals surface area contributed by atoms with Crippen LogP contribution in [0.2, 0.25) is 0 Å². The Labute approximate surface area is 167 Å². The fraction of sp³-hybridized carbons (Fsp3) is 0.182. The quantitative estimate of drug-likeness (QED) is 0.570. The van der Waals surface area contributed by atoms with Crippen LogP contribution in [0, 0.1) is 0 Å².